The first kappa shape index (κ1) is 16.8. The lowest BCUT2D eigenvalue weighted by atomic mass is 10.2. The highest BCUT2D eigenvalue weighted by molar-refractivity contribution is 5.59. The Bertz CT molecular complexity index is 697. The summed E-state index contributed by atoms with van der Waals surface area (Å²) >= 11 is 0. The Morgan fingerprint density at radius 3 is 2.70 bits per heavy atom. The van der Waals surface area contributed by atoms with Crippen molar-refractivity contribution >= 4 is 11.5 Å². The van der Waals surface area contributed by atoms with E-state index >= 15 is 0 Å². The van der Waals surface area contributed by atoms with E-state index < -0.39 is 4.92 Å². The molecule has 0 aliphatic carbocycles. The summed E-state index contributed by atoms with van der Waals surface area (Å²) in [6.45, 7) is 6.10. The molecule has 0 aliphatic rings. The number of hydrogen-bond donors (Lipinski definition) is 1. The molecule has 0 saturated heterocycles. The van der Waals surface area contributed by atoms with E-state index in [-0.39, 0.29) is 11.8 Å². The molecule has 1 aromatic heterocycles. The van der Waals surface area contributed by atoms with Gasteiger partial charge < -0.3 is 10.1 Å². The number of ether oxygens (including phenoxy) is 1. The number of rotatable bonds is 7. The van der Waals surface area contributed by atoms with Gasteiger partial charge in [-0.15, -0.1) is 0 Å². The Balaban J connectivity index is 2.10. The Hall–Kier alpha value is -2.57. The van der Waals surface area contributed by atoms with E-state index in [1.807, 2.05) is 38.1 Å². The fourth-order valence-electron chi connectivity index (χ4n) is 2.41. The molecule has 0 saturated carbocycles. The van der Waals surface area contributed by atoms with Crippen LogP contribution < -0.4 is 10.1 Å². The first-order chi connectivity index (χ1) is 10.9. The van der Waals surface area contributed by atoms with Gasteiger partial charge in [0.25, 0.3) is 0 Å². The van der Waals surface area contributed by atoms with Gasteiger partial charge >= 0.3 is 5.69 Å². The molecule has 1 aromatic carbocycles. The van der Waals surface area contributed by atoms with Crippen molar-refractivity contribution in [3.05, 3.63) is 45.6 Å². The molecule has 0 amide bonds. The van der Waals surface area contributed by atoms with Crippen molar-refractivity contribution in [2.75, 3.05) is 11.9 Å². The zero-order chi connectivity index (χ0) is 17.0. The number of hydrogen-bond acceptors (Lipinski definition) is 5. The maximum atomic E-state index is 11.2. The summed E-state index contributed by atoms with van der Waals surface area (Å²) in [5.74, 6) is 1.23. The smallest absolute Gasteiger partial charge is 0.333 e. The Labute approximate surface area is 135 Å². The van der Waals surface area contributed by atoms with E-state index in [4.69, 9.17) is 4.74 Å². The average molecular weight is 318 g/mol. The van der Waals surface area contributed by atoms with Gasteiger partial charge in [0.2, 0.25) is 5.82 Å². The number of aromatic nitrogens is 2. The molecule has 0 fully saturated rings. The SMILES string of the molecule is CCC(CNc1c([N+](=O)[O-])c(C)nn1C)Oc1ccccc1C. The summed E-state index contributed by atoms with van der Waals surface area (Å²) in [7, 11) is 1.69. The quantitative estimate of drug-likeness (QED) is 0.626. The third-order valence-electron chi connectivity index (χ3n) is 3.71. The summed E-state index contributed by atoms with van der Waals surface area (Å²) in [6.07, 6.45) is 0.692. The van der Waals surface area contributed by atoms with Crippen molar-refractivity contribution in [3.8, 4) is 5.75 Å². The van der Waals surface area contributed by atoms with Crippen molar-refractivity contribution in [1.82, 2.24) is 9.78 Å². The first-order valence-corrected chi connectivity index (χ1v) is 7.58. The molecule has 7 heteroatoms. The molecule has 1 heterocycles. The topological polar surface area (TPSA) is 82.2 Å². The largest absolute Gasteiger partial charge is 0.488 e. The summed E-state index contributed by atoms with van der Waals surface area (Å²) in [6, 6.07) is 7.81. The lowest BCUT2D eigenvalue weighted by Gasteiger charge is -2.19. The summed E-state index contributed by atoms with van der Waals surface area (Å²) in [5.41, 5.74) is 1.47. The van der Waals surface area contributed by atoms with Crippen LogP contribution in [0.4, 0.5) is 11.5 Å². The van der Waals surface area contributed by atoms with Gasteiger partial charge in [0.05, 0.1) is 11.5 Å². The highest BCUT2D eigenvalue weighted by Gasteiger charge is 2.24. The number of anilines is 1. The molecule has 7 nitrogen and oxygen atoms in total. The Kier molecular flexibility index (Phi) is 5.20. The van der Waals surface area contributed by atoms with Crippen molar-refractivity contribution in [2.45, 2.75) is 33.3 Å². The summed E-state index contributed by atoms with van der Waals surface area (Å²) < 4.78 is 7.50. The van der Waals surface area contributed by atoms with E-state index in [0.717, 1.165) is 17.7 Å². The number of aryl methyl sites for hydroxylation is 3. The third kappa shape index (κ3) is 3.80. The van der Waals surface area contributed by atoms with Gasteiger partial charge in [0.1, 0.15) is 17.5 Å². The molecule has 1 unspecified atom stereocenters. The van der Waals surface area contributed by atoms with Gasteiger partial charge in [0, 0.05) is 7.05 Å². The zero-order valence-corrected chi connectivity index (χ0v) is 13.9. The van der Waals surface area contributed by atoms with Crippen molar-refractivity contribution in [2.24, 2.45) is 7.05 Å². The van der Waals surface area contributed by atoms with Crippen LogP contribution in [0.5, 0.6) is 5.75 Å². The second-order valence-corrected chi connectivity index (χ2v) is 5.46. The van der Waals surface area contributed by atoms with E-state index in [9.17, 15) is 10.1 Å². The second kappa shape index (κ2) is 7.13. The van der Waals surface area contributed by atoms with Crippen LogP contribution in [-0.2, 0) is 7.05 Å². The van der Waals surface area contributed by atoms with Gasteiger partial charge in [0.15, 0.2) is 0 Å². The number of nitrogens with zero attached hydrogens (tertiary/aromatic N) is 3. The molecule has 1 atom stereocenters. The molecule has 0 radical (unpaired) electrons. The fourth-order valence-corrected chi connectivity index (χ4v) is 2.41. The molecular weight excluding hydrogens is 296 g/mol. The minimum Gasteiger partial charge on any atom is -0.488 e. The van der Waals surface area contributed by atoms with Gasteiger partial charge in [-0.3, -0.25) is 10.1 Å². The second-order valence-electron chi connectivity index (χ2n) is 5.46. The maximum Gasteiger partial charge on any atom is 0.333 e. The van der Waals surface area contributed by atoms with Crippen molar-refractivity contribution in [3.63, 3.8) is 0 Å². The van der Waals surface area contributed by atoms with Crippen LogP contribution in [0.1, 0.15) is 24.6 Å². The Morgan fingerprint density at radius 2 is 2.09 bits per heavy atom. The maximum absolute atomic E-state index is 11.2. The van der Waals surface area contributed by atoms with Gasteiger partial charge in [-0.2, -0.15) is 5.10 Å². The monoisotopic (exact) mass is 318 g/mol. The van der Waals surface area contributed by atoms with Crippen molar-refractivity contribution in [1.29, 1.82) is 0 Å². The fraction of sp³-hybridized carbons (Fsp3) is 0.438. The number of para-hydroxylation sites is 1. The normalized spacial score (nSPS) is 12.0. The average Bonchev–Trinajstić information content (AvgIpc) is 2.79. The molecule has 23 heavy (non-hydrogen) atoms. The van der Waals surface area contributed by atoms with Gasteiger partial charge in [-0.05, 0) is 31.9 Å². The van der Waals surface area contributed by atoms with Crippen LogP contribution >= 0.6 is 0 Å². The molecule has 0 spiro atoms. The van der Waals surface area contributed by atoms with Crippen LogP contribution in [0.15, 0.2) is 24.3 Å². The molecule has 2 aromatic rings. The molecule has 2 rings (SSSR count). The first-order valence-electron chi connectivity index (χ1n) is 7.58. The standard InChI is InChI=1S/C16H22N4O3/c1-5-13(23-14-9-7-6-8-11(14)2)10-17-16-15(20(21)22)12(3)18-19(16)4/h6-9,13,17H,5,10H2,1-4H3. The van der Waals surface area contributed by atoms with E-state index in [1.54, 1.807) is 14.0 Å². The van der Waals surface area contributed by atoms with Crippen LogP contribution in [0.3, 0.4) is 0 Å². The minimum atomic E-state index is -0.409. The minimum absolute atomic E-state index is 0.0123. The lowest BCUT2D eigenvalue weighted by molar-refractivity contribution is -0.384. The van der Waals surface area contributed by atoms with Gasteiger partial charge in [-0.1, -0.05) is 25.1 Å². The number of nitro groups is 1. The summed E-state index contributed by atoms with van der Waals surface area (Å²) in [5, 5.41) is 18.4. The number of benzene rings is 1. The highest BCUT2D eigenvalue weighted by Crippen LogP contribution is 2.27. The highest BCUT2D eigenvalue weighted by atomic mass is 16.6. The van der Waals surface area contributed by atoms with Crippen LogP contribution in [0.2, 0.25) is 0 Å². The molecule has 1 N–H and O–H groups in total. The van der Waals surface area contributed by atoms with Crippen molar-refractivity contribution < 1.29 is 9.66 Å². The van der Waals surface area contributed by atoms with E-state index in [1.165, 1.54) is 4.68 Å². The summed E-state index contributed by atoms with van der Waals surface area (Å²) in [4.78, 5) is 10.8. The zero-order valence-electron chi connectivity index (χ0n) is 13.9. The molecular formula is C16H22N4O3. The van der Waals surface area contributed by atoms with Crippen LogP contribution in [0.25, 0.3) is 0 Å². The van der Waals surface area contributed by atoms with Crippen LogP contribution in [-0.4, -0.2) is 27.4 Å². The molecule has 0 aliphatic heterocycles. The predicted molar refractivity (Wildman–Crippen MR) is 89.0 cm³/mol. The predicted octanol–water partition coefficient (Wildman–Crippen LogP) is 3.21. The van der Waals surface area contributed by atoms with Gasteiger partial charge in [-0.25, -0.2) is 4.68 Å². The molecule has 124 valence electrons. The lowest BCUT2D eigenvalue weighted by Crippen LogP contribution is -2.26. The number of nitrogens with one attached hydrogen (secondary N) is 1. The Morgan fingerprint density at radius 1 is 1.39 bits per heavy atom. The third-order valence-corrected chi connectivity index (χ3v) is 3.71. The van der Waals surface area contributed by atoms with E-state index in [2.05, 4.69) is 10.4 Å². The van der Waals surface area contributed by atoms with E-state index in [0.29, 0.717) is 18.1 Å². The van der Waals surface area contributed by atoms with Crippen LogP contribution in [0, 0.1) is 24.0 Å². The molecule has 0 bridgehead atoms.